The minimum absolute atomic E-state index is 0.0315. The molecule has 0 aromatic rings. The molecule has 1 aliphatic carbocycles. The molecule has 0 saturated heterocycles. The number of hydrogen-bond donors (Lipinski definition) is 2. The fourth-order valence-electron chi connectivity index (χ4n) is 1.81. The molecule has 8 heteroatoms. The number of alkyl halides is 3. The summed E-state index contributed by atoms with van der Waals surface area (Å²) >= 11 is 0. The predicted octanol–water partition coefficient (Wildman–Crippen LogP) is 1.50. The summed E-state index contributed by atoms with van der Waals surface area (Å²) in [5.41, 5.74) is 0. The number of halogens is 3. The van der Waals surface area contributed by atoms with E-state index in [2.05, 4.69) is 0 Å². The van der Waals surface area contributed by atoms with Gasteiger partial charge in [0.25, 0.3) is 0 Å². The second-order valence-corrected chi connectivity index (χ2v) is 5.02. The van der Waals surface area contributed by atoms with Gasteiger partial charge < -0.3 is 5.32 Å². The van der Waals surface area contributed by atoms with E-state index >= 15 is 0 Å². The highest BCUT2D eigenvalue weighted by molar-refractivity contribution is 5.95. The fraction of sp³-hybridized carbons (Fsp3) is 0.833. The van der Waals surface area contributed by atoms with Gasteiger partial charge in [-0.1, -0.05) is 6.92 Å². The number of amides is 3. The van der Waals surface area contributed by atoms with E-state index in [9.17, 15) is 22.8 Å². The Morgan fingerprint density at radius 3 is 2.45 bits per heavy atom. The van der Waals surface area contributed by atoms with Gasteiger partial charge in [0, 0.05) is 6.54 Å². The number of rotatable bonds is 7. The Balaban J connectivity index is 2.27. The number of carbonyl (C=O) groups is 2. The van der Waals surface area contributed by atoms with Crippen molar-refractivity contribution in [1.82, 2.24) is 15.5 Å². The highest BCUT2D eigenvalue weighted by Crippen LogP contribution is 2.29. The van der Waals surface area contributed by atoms with E-state index in [-0.39, 0.29) is 6.54 Å². The maximum absolute atomic E-state index is 11.9. The molecule has 1 fully saturated rings. The SMILES string of the molecule is CCCN(CC(=O)NC(=O)NCC(F)(F)F)CC1CC1. The molecule has 0 bridgehead atoms. The molecule has 5 nitrogen and oxygen atoms in total. The summed E-state index contributed by atoms with van der Waals surface area (Å²) in [5.74, 6) is 0.0205. The molecular weight excluding hydrogens is 275 g/mol. The molecule has 1 aliphatic rings. The number of nitrogens with one attached hydrogen (secondary N) is 2. The lowest BCUT2D eigenvalue weighted by Crippen LogP contribution is -2.47. The van der Waals surface area contributed by atoms with Gasteiger partial charge in [-0.05, 0) is 31.7 Å². The summed E-state index contributed by atoms with van der Waals surface area (Å²) in [7, 11) is 0. The highest BCUT2D eigenvalue weighted by Gasteiger charge is 2.28. The predicted molar refractivity (Wildman–Crippen MR) is 67.1 cm³/mol. The third kappa shape index (κ3) is 7.98. The summed E-state index contributed by atoms with van der Waals surface area (Å²) < 4.78 is 35.6. The van der Waals surface area contributed by atoms with Crippen LogP contribution in [0.15, 0.2) is 0 Å². The summed E-state index contributed by atoms with van der Waals surface area (Å²) in [6, 6.07) is -1.12. The van der Waals surface area contributed by atoms with Crippen molar-refractivity contribution in [1.29, 1.82) is 0 Å². The molecule has 0 unspecified atom stereocenters. The van der Waals surface area contributed by atoms with Crippen molar-refractivity contribution in [2.75, 3.05) is 26.2 Å². The number of carbonyl (C=O) groups excluding carboxylic acids is 2. The zero-order chi connectivity index (χ0) is 15.2. The molecule has 0 radical (unpaired) electrons. The molecule has 1 saturated carbocycles. The molecule has 0 heterocycles. The Morgan fingerprint density at radius 2 is 1.95 bits per heavy atom. The van der Waals surface area contributed by atoms with Crippen molar-refractivity contribution in [2.24, 2.45) is 5.92 Å². The van der Waals surface area contributed by atoms with Crippen molar-refractivity contribution in [2.45, 2.75) is 32.4 Å². The molecule has 0 atom stereocenters. The van der Waals surface area contributed by atoms with Crippen LogP contribution in [0.4, 0.5) is 18.0 Å². The van der Waals surface area contributed by atoms with Crippen LogP contribution in [0.2, 0.25) is 0 Å². The van der Waals surface area contributed by atoms with Crippen LogP contribution in [0.3, 0.4) is 0 Å². The number of imide groups is 1. The lowest BCUT2D eigenvalue weighted by atomic mass is 10.3. The van der Waals surface area contributed by atoms with Gasteiger partial charge in [-0.25, -0.2) is 4.79 Å². The lowest BCUT2D eigenvalue weighted by molar-refractivity contribution is -0.125. The van der Waals surface area contributed by atoms with Crippen LogP contribution >= 0.6 is 0 Å². The van der Waals surface area contributed by atoms with Crippen LogP contribution < -0.4 is 10.6 Å². The summed E-state index contributed by atoms with van der Waals surface area (Å²) in [5, 5.41) is 3.50. The molecule has 20 heavy (non-hydrogen) atoms. The zero-order valence-corrected chi connectivity index (χ0v) is 11.4. The lowest BCUT2D eigenvalue weighted by Gasteiger charge is -2.20. The Labute approximate surface area is 115 Å². The van der Waals surface area contributed by atoms with Crippen LogP contribution in [0, 0.1) is 5.92 Å². The standard InChI is InChI=1S/C12H20F3N3O2/c1-2-5-18(6-9-3-4-9)7-10(19)17-11(20)16-8-12(13,14)15/h9H,2-8H2,1H3,(H2,16,17,19,20). The van der Waals surface area contributed by atoms with E-state index in [4.69, 9.17) is 0 Å². The summed E-state index contributed by atoms with van der Waals surface area (Å²) in [6.45, 7) is 2.09. The third-order valence-corrected chi connectivity index (χ3v) is 2.82. The molecule has 0 aromatic carbocycles. The van der Waals surface area contributed by atoms with E-state index in [1.165, 1.54) is 0 Å². The van der Waals surface area contributed by atoms with Crippen LogP contribution in [0.25, 0.3) is 0 Å². The van der Waals surface area contributed by atoms with Crippen molar-refractivity contribution in [3.8, 4) is 0 Å². The van der Waals surface area contributed by atoms with Gasteiger partial charge >= 0.3 is 12.2 Å². The smallest absolute Gasteiger partial charge is 0.329 e. The first-order valence-electron chi connectivity index (χ1n) is 6.67. The zero-order valence-electron chi connectivity index (χ0n) is 11.4. The van der Waals surface area contributed by atoms with Crippen LogP contribution in [0.1, 0.15) is 26.2 Å². The number of hydrogen-bond acceptors (Lipinski definition) is 3. The largest absolute Gasteiger partial charge is 0.405 e. The summed E-state index contributed by atoms with van der Waals surface area (Å²) in [6.07, 6.45) is -1.32. The topological polar surface area (TPSA) is 61.4 Å². The van der Waals surface area contributed by atoms with Crippen LogP contribution in [-0.4, -0.2) is 49.2 Å². The minimum atomic E-state index is -4.49. The second kappa shape index (κ2) is 7.47. The average molecular weight is 295 g/mol. The normalized spacial score (nSPS) is 15.2. The second-order valence-electron chi connectivity index (χ2n) is 5.02. The van der Waals surface area contributed by atoms with Crippen molar-refractivity contribution < 1.29 is 22.8 Å². The van der Waals surface area contributed by atoms with Gasteiger partial charge in [-0.15, -0.1) is 0 Å². The van der Waals surface area contributed by atoms with Gasteiger partial charge in [-0.3, -0.25) is 15.0 Å². The number of nitrogens with zero attached hydrogens (tertiary/aromatic N) is 1. The molecule has 0 aliphatic heterocycles. The van der Waals surface area contributed by atoms with Gasteiger partial charge in [0.15, 0.2) is 0 Å². The van der Waals surface area contributed by atoms with Crippen LogP contribution in [0.5, 0.6) is 0 Å². The third-order valence-electron chi connectivity index (χ3n) is 2.82. The van der Waals surface area contributed by atoms with Crippen molar-refractivity contribution in [3.05, 3.63) is 0 Å². The first kappa shape index (κ1) is 16.7. The first-order chi connectivity index (χ1) is 9.30. The monoisotopic (exact) mass is 295 g/mol. The van der Waals surface area contributed by atoms with Crippen molar-refractivity contribution in [3.63, 3.8) is 0 Å². The Hall–Kier alpha value is -1.31. The van der Waals surface area contributed by atoms with Gasteiger partial charge in [-0.2, -0.15) is 13.2 Å². The Morgan fingerprint density at radius 1 is 1.30 bits per heavy atom. The van der Waals surface area contributed by atoms with E-state index in [1.807, 2.05) is 17.1 Å². The van der Waals surface area contributed by atoms with E-state index < -0.39 is 24.7 Å². The molecule has 0 spiro atoms. The van der Waals surface area contributed by atoms with Gasteiger partial charge in [0.05, 0.1) is 6.54 Å². The quantitative estimate of drug-likeness (QED) is 0.748. The minimum Gasteiger partial charge on any atom is -0.329 e. The highest BCUT2D eigenvalue weighted by atomic mass is 19.4. The fourth-order valence-corrected chi connectivity index (χ4v) is 1.81. The van der Waals surface area contributed by atoms with Crippen molar-refractivity contribution >= 4 is 11.9 Å². The Bertz CT molecular complexity index is 343. The molecule has 0 aromatic heterocycles. The van der Waals surface area contributed by atoms with E-state index in [0.717, 1.165) is 32.4 Å². The van der Waals surface area contributed by atoms with E-state index in [1.54, 1.807) is 5.32 Å². The molecule has 1 rings (SSSR count). The van der Waals surface area contributed by atoms with E-state index in [0.29, 0.717) is 5.92 Å². The van der Waals surface area contributed by atoms with Gasteiger partial charge in [0.1, 0.15) is 6.54 Å². The molecular formula is C12H20F3N3O2. The Kier molecular flexibility index (Phi) is 6.25. The average Bonchev–Trinajstić information content (AvgIpc) is 3.09. The molecule has 116 valence electrons. The summed E-state index contributed by atoms with van der Waals surface area (Å²) in [4.78, 5) is 24.6. The maximum Gasteiger partial charge on any atom is 0.405 e. The van der Waals surface area contributed by atoms with Gasteiger partial charge in [0.2, 0.25) is 5.91 Å². The molecule has 2 N–H and O–H groups in total. The molecule has 3 amide bonds. The first-order valence-corrected chi connectivity index (χ1v) is 6.67. The number of urea groups is 1. The maximum atomic E-state index is 11.9. The van der Waals surface area contributed by atoms with Crippen LogP contribution in [-0.2, 0) is 4.79 Å².